The zero-order valence-corrected chi connectivity index (χ0v) is 23.5. The lowest BCUT2D eigenvalue weighted by Gasteiger charge is -2.30. The Morgan fingerprint density at radius 1 is 1.00 bits per heavy atom. The zero-order valence-electron chi connectivity index (χ0n) is 23.5. The van der Waals surface area contributed by atoms with Crippen molar-refractivity contribution in [3.05, 3.63) is 95.6 Å². The summed E-state index contributed by atoms with van der Waals surface area (Å²) in [7, 11) is 0. The molecule has 1 fully saturated rings. The van der Waals surface area contributed by atoms with E-state index in [1.807, 2.05) is 30.3 Å². The Labute approximate surface area is 239 Å². The molecular formula is C32H34FN5O3. The highest BCUT2D eigenvalue weighted by molar-refractivity contribution is 6.04. The molecule has 0 aliphatic carbocycles. The van der Waals surface area contributed by atoms with Crippen molar-refractivity contribution >= 4 is 23.2 Å². The van der Waals surface area contributed by atoms with Crippen LogP contribution in [0.2, 0.25) is 0 Å². The van der Waals surface area contributed by atoms with E-state index in [1.54, 1.807) is 30.3 Å². The molecule has 212 valence electrons. The molecule has 8 nitrogen and oxygen atoms in total. The van der Waals surface area contributed by atoms with Crippen molar-refractivity contribution in [3.63, 3.8) is 0 Å². The second kappa shape index (κ2) is 12.0. The summed E-state index contributed by atoms with van der Waals surface area (Å²) in [6.07, 6.45) is 1.63. The number of carbonyl (C=O) groups is 2. The predicted molar refractivity (Wildman–Crippen MR) is 156 cm³/mol. The van der Waals surface area contributed by atoms with E-state index >= 15 is 0 Å². The van der Waals surface area contributed by atoms with Crippen molar-refractivity contribution in [2.45, 2.75) is 45.6 Å². The van der Waals surface area contributed by atoms with Crippen LogP contribution in [0.4, 0.5) is 15.8 Å². The lowest BCUT2D eigenvalue weighted by atomic mass is 9.87. The Morgan fingerprint density at radius 2 is 1.71 bits per heavy atom. The highest BCUT2D eigenvalue weighted by Gasteiger charge is 2.27. The molecule has 9 heteroatoms. The van der Waals surface area contributed by atoms with Crippen LogP contribution >= 0.6 is 0 Å². The number of likely N-dealkylation sites (tertiary alicyclic amines) is 1. The van der Waals surface area contributed by atoms with Gasteiger partial charge in [0.15, 0.2) is 0 Å². The molecule has 3 aromatic carbocycles. The molecule has 1 atom stereocenters. The van der Waals surface area contributed by atoms with E-state index in [1.165, 1.54) is 12.1 Å². The minimum absolute atomic E-state index is 0.0124. The SMILES string of the molecule is CC(C)(C)c1ccc(C(=O)Nc2cccc(NC(=O)C3CCCN(Cc4nc(-c5ccc(F)cc5)no4)C3)c2)cc1. The molecule has 0 saturated carbocycles. The average molecular weight is 556 g/mol. The lowest BCUT2D eigenvalue weighted by Crippen LogP contribution is -2.40. The summed E-state index contributed by atoms with van der Waals surface area (Å²) in [5, 5.41) is 9.93. The number of aromatic nitrogens is 2. The van der Waals surface area contributed by atoms with Crippen molar-refractivity contribution in [2.24, 2.45) is 5.92 Å². The van der Waals surface area contributed by atoms with Crippen LogP contribution in [-0.4, -0.2) is 39.9 Å². The fraction of sp³-hybridized carbons (Fsp3) is 0.312. The summed E-state index contributed by atoms with van der Waals surface area (Å²) < 4.78 is 18.6. The molecule has 1 saturated heterocycles. The molecule has 1 aliphatic rings. The van der Waals surface area contributed by atoms with E-state index in [9.17, 15) is 14.0 Å². The van der Waals surface area contributed by atoms with Crippen molar-refractivity contribution in [1.82, 2.24) is 15.0 Å². The van der Waals surface area contributed by atoms with Crippen molar-refractivity contribution in [1.29, 1.82) is 0 Å². The average Bonchev–Trinajstić information content (AvgIpc) is 3.41. The van der Waals surface area contributed by atoms with Gasteiger partial charge in [0.2, 0.25) is 17.6 Å². The molecule has 0 radical (unpaired) electrons. The van der Waals surface area contributed by atoms with E-state index in [4.69, 9.17) is 4.52 Å². The van der Waals surface area contributed by atoms with Crippen LogP contribution in [-0.2, 0) is 16.8 Å². The second-order valence-electron chi connectivity index (χ2n) is 11.4. The summed E-state index contributed by atoms with van der Waals surface area (Å²) in [6.45, 7) is 8.20. The Balaban J connectivity index is 1.16. The number of amides is 2. The number of piperidine rings is 1. The van der Waals surface area contributed by atoms with Crippen LogP contribution < -0.4 is 10.6 Å². The topological polar surface area (TPSA) is 100 Å². The number of anilines is 2. The van der Waals surface area contributed by atoms with Crippen LogP contribution in [0.1, 0.15) is 55.4 Å². The van der Waals surface area contributed by atoms with Gasteiger partial charge in [-0.25, -0.2) is 4.39 Å². The Hall–Kier alpha value is -4.37. The first-order valence-electron chi connectivity index (χ1n) is 13.8. The molecule has 5 rings (SSSR count). The summed E-state index contributed by atoms with van der Waals surface area (Å²) in [4.78, 5) is 32.5. The lowest BCUT2D eigenvalue weighted by molar-refractivity contribution is -0.121. The molecule has 2 N–H and O–H groups in total. The molecule has 41 heavy (non-hydrogen) atoms. The number of hydrogen-bond donors (Lipinski definition) is 2. The molecule has 1 unspecified atom stereocenters. The molecule has 1 aliphatic heterocycles. The summed E-state index contributed by atoms with van der Waals surface area (Å²) in [5.41, 5.74) is 3.64. The number of halogens is 1. The molecular weight excluding hydrogens is 521 g/mol. The van der Waals surface area contributed by atoms with Gasteiger partial charge < -0.3 is 15.2 Å². The maximum absolute atomic E-state index is 13.2. The van der Waals surface area contributed by atoms with Gasteiger partial charge in [0.05, 0.1) is 12.5 Å². The molecule has 2 heterocycles. The van der Waals surface area contributed by atoms with Crippen LogP contribution in [0.5, 0.6) is 0 Å². The van der Waals surface area contributed by atoms with Crippen molar-refractivity contribution in [2.75, 3.05) is 23.7 Å². The Bertz CT molecular complexity index is 1510. The predicted octanol–water partition coefficient (Wildman–Crippen LogP) is 6.28. The van der Waals surface area contributed by atoms with Gasteiger partial charge in [-0.15, -0.1) is 0 Å². The maximum atomic E-state index is 13.2. The Morgan fingerprint density at radius 3 is 2.41 bits per heavy atom. The minimum atomic E-state index is -0.325. The number of nitrogens with zero attached hydrogens (tertiary/aromatic N) is 3. The molecule has 0 bridgehead atoms. The van der Waals surface area contributed by atoms with Gasteiger partial charge in [-0.05, 0) is 85.0 Å². The first kappa shape index (κ1) is 28.2. The van der Waals surface area contributed by atoms with Gasteiger partial charge in [0.25, 0.3) is 5.91 Å². The number of nitrogens with one attached hydrogen (secondary N) is 2. The summed E-state index contributed by atoms with van der Waals surface area (Å²) in [5.74, 6) is 0.0346. The van der Waals surface area contributed by atoms with E-state index in [0.717, 1.165) is 24.9 Å². The van der Waals surface area contributed by atoms with Gasteiger partial charge in [-0.1, -0.05) is 44.1 Å². The summed E-state index contributed by atoms with van der Waals surface area (Å²) in [6, 6.07) is 20.7. The van der Waals surface area contributed by atoms with Gasteiger partial charge in [-0.2, -0.15) is 4.98 Å². The highest BCUT2D eigenvalue weighted by Crippen LogP contribution is 2.24. The number of rotatable bonds is 7. The van der Waals surface area contributed by atoms with Gasteiger partial charge in [0.1, 0.15) is 5.82 Å². The number of hydrogen-bond acceptors (Lipinski definition) is 6. The van der Waals surface area contributed by atoms with Crippen LogP contribution in [0, 0.1) is 11.7 Å². The minimum Gasteiger partial charge on any atom is -0.338 e. The molecule has 0 spiro atoms. The first-order chi connectivity index (χ1) is 19.6. The van der Waals surface area contributed by atoms with Gasteiger partial charge in [0, 0.05) is 29.0 Å². The summed E-state index contributed by atoms with van der Waals surface area (Å²) >= 11 is 0. The van der Waals surface area contributed by atoms with Crippen LogP contribution in [0.15, 0.2) is 77.3 Å². The van der Waals surface area contributed by atoms with Crippen LogP contribution in [0.3, 0.4) is 0 Å². The fourth-order valence-electron chi connectivity index (χ4n) is 4.88. The number of benzene rings is 3. The number of carbonyl (C=O) groups excluding carboxylic acids is 2. The third-order valence-corrected chi connectivity index (χ3v) is 7.21. The largest absolute Gasteiger partial charge is 0.338 e. The molecule has 2 amide bonds. The van der Waals surface area contributed by atoms with E-state index in [0.29, 0.717) is 47.3 Å². The smallest absolute Gasteiger partial charge is 0.255 e. The van der Waals surface area contributed by atoms with Crippen LogP contribution in [0.25, 0.3) is 11.4 Å². The third-order valence-electron chi connectivity index (χ3n) is 7.21. The van der Waals surface area contributed by atoms with Crippen molar-refractivity contribution < 1.29 is 18.5 Å². The van der Waals surface area contributed by atoms with Gasteiger partial charge in [-0.3, -0.25) is 14.5 Å². The van der Waals surface area contributed by atoms with E-state index in [2.05, 4.69) is 46.4 Å². The second-order valence-corrected chi connectivity index (χ2v) is 11.4. The zero-order chi connectivity index (χ0) is 29.0. The van der Waals surface area contributed by atoms with Crippen molar-refractivity contribution in [3.8, 4) is 11.4 Å². The highest BCUT2D eigenvalue weighted by atomic mass is 19.1. The maximum Gasteiger partial charge on any atom is 0.255 e. The van der Waals surface area contributed by atoms with E-state index < -0.39 is 0 Å². The monoisotopic (exact) mass is 555 g/mol. The molecule has 1 aromatic heterocycles. The van der Waals surface area contributed by atoms with Gasteiger partial charge >= 0.3 is 0 Å². The van der Waals surface area contributed by atoms with E-state index in [-0.39, 0.29) is 29.0 Å². The quantitative estimate of drug-likeness (QED) is 0.279. The Kier molecular flexibility index (Phi) is 8.26. The first-order valence-corrected chi connectivity index (χ1v) is 13.8. The molecule has 4 aromatic rings. The third kappa shape index (κ3) is 7.24. The normalized spacial score (nSPS) is 15.9. The standard InChI is InChI=1S/C32H34FN5O3/c1-32(2,3)24-13-9-22(10-14-24)30(39)34-26-7-4-8-27(18-26)35-31(40)23-6-5-17-38(19-23)20-28-36-29(37-41-28)21-11-15-25(33)16-12-21/h4,7-16,18,23H,5-6,17,19-20H2,1-3H3,(H,34,39)(H,35,40). The fourth-order valence-corrected chi connectivity index (χ4v) is 4.88.